The van der Waals surface area contributed by atoms with E-state index in [-0.39, 0.29) is 18.6 Å². The number of hydrogen-bond acceptors (Lipinski definition) is 3. The molecule has 0 aliphatic heterocycles. The van der Waals surface area contributed by atoms with E-state index in [9.17, 15) is 9.59 Å². The number of halogens is 1. The molecule has 19 heavy (non-hydrogen) atoms. The number of ether oxygens (including phenoxy) is 1. The largest absolute Gasteiger partial charge is 0.491 e. The van der Waals surface area contributed by atoms with Crippen LogP contribution in [0.4, 0.5) is 0 Å². The van der Waals surface area contributed by atoms with E-state index in [4.69, 9.17) is 9.84 Å². The molecule has 5 nitrogen and oxygen atoms in total. The van der Waals surface area contributed by atoms with Gasteiger partial charge < -0.3 is 14.7 Å². The highest BCUT2D eigenvalue weighted by molar-refractivity contribution is 9.10. The molecule has 0 aliphatic carbocycles. The smallest absolute Gasteiger partial charge is 0.323 e. The minimum Gasteiger partial charge on any atom is -0.491 e. The molecule has 0 unspecified atom stereocenters. The van der Waals surface area contributed by atoms with Crippen molar-refractivity contribution in [3.8, 4) is 5.75 Å². The second-order valence-electron chi connectivity index (χ2n) is 4.40. The monoisotopic (exact) mass is 329 g/mol. The Morgan fingerprint density at radius 3 is 2.53 bits per heavy atom. The van der Waals surface area contributed by atoms with Crippen LogP contribution in [0.3, 0.4) is 0 Å². The van der Waals surface area contributed by atoms with Gasteiger partial charge in [0.1, 0.15) is 12.3 Å². The van der Waals surface area contributed by atoms with Crippen molar-refractivity contribution in [3.05, 3.63) is 28.2 Å². The van der Waals surface area contributed by atoms with E-state index in [0.717, 1.165) is 4.90 Å². The summed E-state index contributed by atoms with van der Waals surface area (Å²) in [6.45, 7) is 3.43. The zero-order valence-corrected chi connectivity index (χ0v) is 12.6. The molecule has 0 saturated carbocycles. The molecule has 1 amide bonds. The maximum atomic E-state index is 12.1. The minimum absolute atomic E-state index is 0.00555. The number of hydrogen-bond donors (Lipinski definition) is 1. The van der Waals surface area contributed by atoms with Gasteiger partial charge in [0, 0.05) is 17.1 Å². The van der Waals surface area contributed by atoms with Crippen LogP contribution in [0, 0.1) is 0 Å². The van der Waals surface area contributed by atoms with Crippen LogP contribution in [-0.4, -0.2) is 41.6 Å². The summed E-state index contributed by atoms with van der Waals surface area (Å²) in [6.07, 6.45) is -0.00555. The van der Waals surface area contributed by atoms with Crippen molar-refractivity contribution in [2.45, 2.75) is 20.0 Å². The molecule has 0 fully saturated rings. The van der Waals surface area contributed by atoms with E-state index in [2.05, 4.69) is 15.9 Å². The fourth-order valence-corrected chi connectivity index (χ4v) is 1.99. The van der Waals surface area contributed by atoms with Crippen molar-refractivity contribution in [2.75, 3.05) is 13.6 Å². The highest BCUT2D eigenvalue weighted by Crippen LogP contribution is 2.23. The predicted molar refractivity (Wildman–Crippen MR) is 74.5 cm³/mol. The third-order valence-electron chi connectivity index (χ3n) is 2.21. The molecule has 1 aromatic rings. The average Bonchev–Trinajstić information content (AvgIpc) is 2.25. The number of carboxylic acid groups (broad SMARTS) is 1. The van der Waals surface area contributed by atoms with Gasteiger partial charge in [-0.2, -0.15) is 0 Å². The minimum atomic E-state index is -1.05. The Morgan fingerprint density at radius 1 is 1.37 bits per heavy atom. The zero-order valence-electron chi connectivity index (χ0n) is 11.0. The highest BCUT2D eigenvalue weighted by Gasteiger charge is 2.16. The van der Waals surface area contributed by atoms with Crippen LogP contribution in [0.15, 0.2) is 22.7 Å². The van der Waals surface area contributed by atoms with Crippen molar-refractivity contribution in [3.63, 3.8) is 0 Å². The summed E-state index contributed by atoms with van der Waals surface area (Å²) < 4.78 is 6.24. The van der Waals surface area contributed by atoms with Crippen molar-refractivity contribution in [1.82, 2.24) is 4.90 Å². The number of nitrogens with zero attached hydrogens (tertiary/aromatic N) is 1. The molecule has 0 saturated heterocycles. The fourth-order valence-electron chi connectivity index (χ4n) is 1.52. The van der Waals surface area contributed by atoms with Gasteiger partial charge in [0.05, 0.1) is 6.10 Å². The number of benzene rings is 1. The molecule has 1 rings (SSSR count). The Kier molecular flexibility index (Phi) is 5.35. The SMILES string of the molecule is CC(C)Oc1cc(Br)cc(C(=O)N(C)CC(=O)O)c1. The molecule has 0 bridgehead atoms. The van der Waals surface area contributed by atoms with Crippen molar-refractivity contribution < 1.29 is 19.4 Å². The second kappa shape index (κ2) is 6.56. The zero-order chi connectivity index (χ0) is 14.6. The van der Waals surface area contributed by atoms with Crippen LogP contribution in [0.25, 0.3) is 0 Å². The van der Waals surface area contributed by atoms with Gasteiger partial charge in [-0.05, 0) is 32.0 Å². The third kappa shape index (κ3) is 4.90. The van der Waals surface area contributed by atoms with Gasteiger partial charge in [0.15, 0.2) is 0 Å². The molecule has 6 heteroatoms. The maximum Gasteiger partial charge on any atom is 0.323 e. The normalized spacial score (nSPS) is 10.4. The summed E-state index contributed by atoms with van der Waals surface area (Å²) in [5, 5.41) is 8.68. The summed E-state index contributed by atoms with van der Waals surface area (Å²) in [5.41, 5.74) is 0.383. The van der Waals surface area contributed by atoms with Gasteiger partial charge in [0.2, 0.25) is 0 Å². The Bertz CT molecular complexity index is 488. The van der Waals surface area contributed by atoms with E-state index in [1.807, 2.05) is 13.8 Å². The summed E-state index contributed by atoms with van der Waals surface area (Å²) >= 11 is 3.30. The Morgan fingerprint density at radius 2 is 2.00 bits per heavy atom. The van der Waals surface area contributed by atoms with Crippen LogP contribution in [0.1, 0.15) is 24.2 Å². The first-order valence-corrected chi connectivity index (χ1v) is 6.53. The predicted octanol–water partition coefficient (Wildman–Crippen LogP) is 2.39. The molecule has 0 radical (unpaired) electrons. The first kappa shape index (κ1) is 15.5. The number of carbonyl (C=O) groups is 2. The van der Waals surface area contributed by atoms with Gasteiger partial charge in [0.25, 0.3) is 5.91 Å². The first-order valence-electron chi connectivity index (χ1n) is 5.74. The van der Waals surface area contributed by atoms with Crippen LogP contribution in [0.2, 0.25) is 0 Å². The van der Waals surface area contributed by atoms with Crippen molar-refractivity contribution in [2.24, 2.45) is 0 Å². The molecule has 0 spiro atoms. The lowest BCUT2D eigenvalue weighted by atomic mass is 10.2. The average molecular weight is 330 g/mol. The molecule has 0 atom stereocenters. The summed E-state index contributed by atoms with van der Waals surface area (Å²) in [7, 11) is 1.44. The number of carbonyl (C=O) groups excluding carboxylic acids is 1. The van der Waals surface area contributed by atoms with E-state index >= 15 is 0 Å². The molecular weight excluding hydrogens is 314 g/mol. The fraction of sp³-hybridized carbons (Fsp3) is 0.385. The lowest BCUT2D eigenvalue weighted by Gasteiger charge is -2.16. The molecule has 0 heterocycles. The van der Waals surface area contributed by atoms with Crippen LogP contribution < -0.4 is 4.74 Å². The van der Waals surface area contributed by atoms with E-state index in [0.29, 0.717) is 15.8 Å². The second-order valence-corrected chi connectivity index (χ2v) is 5.31. The molecule has 0 aromatic heterocycles. The summed E-state index contributed by atoms with van der Waals surface area (Å²) in [4.78, 5) is 23.8. The van der Waals surface area contributed by atoms with E-state index in [1.54, 1.807) is 18.2 Å². The number of carboxylic acids is 1. The third-order valence-corrected chi connectivity index (χ3v) is 2.67. The summed E-state index contributed by atoms with van der Waals surface area (Å²) in [6, 6.07) is 4.99. The number of likely N-dealkylation sites (N-methyl/N-ethyl adjacent to an activating group) is 1. The maximum absolute atomic E-state index is 12.1. The molecule has 104 valence electrons. The van der Waals surface area contributed by atoms with Gasteiger partial charge in [-0.1, -0.05) is 15.9 Å². The Labute approximate surface area is 120 Å². The van der Waals surface area contributed by atoms with Gasteiger partial charge in [-0.25, -0.2) is 0 Å². The van der Waals surface area contributed by atoms with Crippen molar-refractivity contribution >= 4 is 27.8 Å². The Balaban J connectivity index is 2.96. The van der Waals surface area contributed by atoms with Crippen LogP contribution >= 0.6 is 15.9 Å². The summed E-state index contributed by atoms with van der Waals surface area (Å²) in [5.74, 6) is -0.849. The quantitative estimate of drug-likeness (QED) is 0.900. The number of rotatable bonds is 5. The van der Waals surface area contributed by atoms with Crippen LogP contribution in [-0.2, 0) is 4.79 Å². The standard InChI is InChI=1S/C13H16BrNO4/c1-8(2)19-11-5-9(4-10(14)6-11)13(18)15(3)7-12(16)17/h4-6,8H,7H2,1-3H3,(H,16,17). The van der Waals surface area contributed by atoms with Gasteiger partial charge >= 0.3 is 5.97 Å². The Hall–Kier alpha value is -1.56. The van der Waals surface area contributed by atoms with E-state index < -0.39 is 5.97 Å². The van der Waals surface area contributed by atoms with Gasteiger partial charge in [-0.3, -0.25) is 9.59 Å². The van der Waals surface area contributed by atoms with E-state index in [1.165, 1.54) is 7.05 Å². The highest BCUT2D eigenvalue weighted by atomic mass is 79.9. The first-order chi connectivity index (χ1) is 8.79. The lowest BCUT2D eigenvalue weighted by molar-refractivity contribution is -0.137. The number of amides is 1. The molecule has 1 aromatic carbocycles. The number of aliphatic carboxylic acids is 1. The van der Waals surface area contributed by atoms with Gasteiger partial charge in [-0.15, -0.1) is 0 Å². The van der Waals surface area contributed by atoms with Crippen molar-refractivity contribution in [1.29, 1.82) is 0 Å². The topological polar surface area (TPSA) is 66.8 Å². The lowest BCUT2D eigenvalue weighted by Crippen LogP contribution is -2.31. The molecular formula is C13H16BrNO4. The van der Waals surface area contributed by atoms with Crippen LogP contribution in [0.5, 0.6) is 5.75 Å². The molecule has 0 aliphatic rings. The molecule has 1 N–H and O–H groups in total.